The summed E-state index contributed by atoms with van der Waals surface area (Å²) in [5.41, 5.74) is 5.28. The zero-order valence-electron chi connectivity index (χ0n) is 20.1. The van der Waals surface area contributed by atoms with Crippen molar-refractivity contribution in [3.05, 3.63) is 83.4 Å². The molecule has 1 aliphatic rings. The monoisotopic (exact) mass is 495 g/mol. The Morgan fingerprint density at radius 2 is 1.46 bits per heavy atom. The lowest BCUT2D eigenvalue weighted by atomic mass is 9.88. The molecule has 0 saturated carbocycles. The van der Waals surface area contributed by atoms with Crippen LogP contribution in [0.1, 0.15) is 30.0 Å². The lowest BCUT2D eigenvalue weighted by Gasteiger charge is -2.18. The van der Waals surface area contributed by atoms with Crippen molar-refractivity contribution in [2.75, 3.05) is 34.0 Å². The van der Waals surface area contributed by atoms with Crippen LogP contribution in [0, 0.1) is 0 Å². The number of nitrogens with zero attached hydrogens (tertiary/aromatic N) is 1. The third-order valence-corrected chi connectivity index (χ3v) is 6.03. The minimum absolute atomic E-state index is 0.228. The summed E-state index contributed by atoms with van der Waals surface area (Å²) < 4.78 is 22.1. The fourth-order valence-electron chi connectivity index (χ4n) is 3.97. The molecule has 4 rings (SSSR count). The minimum atomic E-state index is -2.47. The largest absolute Gasteiger partial charge is 0.492 e. The topological polar surface area (TPSA) is 80.6 Å². The van der Waals surface area contributed by atoms with Gasteiger partial charge in [0.25, 0.3) is 0 Å². The van der Waals surface area contributed by atoms with Crippen LogP contribution in [0.5, 0.6) is 23.0 Å². The van der Waals surface area contributed by atoms with Gasteiger partial charge in [0.05, 0.1) is 0 Å². The number of benzene rings is 3. The molecule has 0 aliphatic carbocycles. The molecule has 1 heterocycles. The van der Waals surface area contributed by atoms with Gasteiger partial charge in [-0.2, -0.15) is 0 Å². The second-order valence-corrected chi connectivity index (χ2v) is 9.01. The van der Waals surface area contributed by atoms with Gasteiger partial charge < -0.3 is 33.4 Å². The van der Waals surface area contributed by atoms with Crippen molar-refractivity contribution in [1.82, 2.24) is 4.90 Å². The number of fused-ring (bicyclic) bond motifs is 1. The van der Waals surface area contributed by atoms with Gasteiger partial charge in [-0.25, -0.2) is 0 Å². The highest BCUT2D eigenvalue weighted by atomic mass is 31.2. The third kappa shape index (κ3) is 6.32. The molecule has 7 nitrogen and oxygen atoms in total. The lowest BCUT2D eigenvalue weighted by Crippen LogP contribution is -2.19. The van der Waals surface area contributed by atoms with Crippen LogP contribution in [0.4, 0.5) is 0 Å². The first kappa shape index (κ1) is 25.0. The van der Waals surface area contributed by atoms with E-state index in [0.29, 0.717) is 12.4 Å². The van der Waals surface area contributed by atoms with Crippen LogP contribution in [0.3, 0.4) is 0 Å². The van der Waals surface area contributed by atoms with E-state index in [1.54, 1.807) is 12.1 Å². The van der Waals surface area contributed by atoms with E-state index in [1.165, 1.54) is 0 Å². The Kier molecular flexibility index (Phi) is 8.26. The first-order valence-corrected chi connectivity index (χ1v) is 12.6. The summed E-state index contributed by atoms with van der Waals surface area (Å²) in [7, 11) is 1.57. The number of hydrogen-bond acceptors (Lipinski definition) is 7. The zero-order chi connectivity index (χ0) is 24.8. The normalized spacial score (nSPS) is 13.2. The average molecular weight is 496 g/mol. The SMILES string of the molecule is CC/C(=C(/c1ccc(OCCN(C)C)cc1)c1ccc(OP(O)O)cc1)c1ccc2c(c1)OCO2. The summed E-state index contributed by atoms with van der Waals surface area (Å²) in [5.74, 6) is 2.70. The van der Waals surface area contributed by atoms with E-state index < -0.39 is 8.60 Å². The molecule has 0 aromatic heterocycles. The van der Waals surface area contributed by atoms with Crippen molar-refractivity contribution in [3.63, 3.8) is 0 Å². The highest BCUT2D eigenvalue weighted by Gasteiger charge is 2.18. The summed E-state index contributed by atoms with van der Waals surface area (Å²) >= 11 is 0. The number of hydrogen-bond donors (Lipinski definition) is 2. The minimum Gasteiger partial charge on any atom is -0.492 e. The molecular formula is C27H30NO6P. The molecule has 3 aromatic rings. The summed E-state index contributed by atoms with van der Waals surface area (Å²) in [6.07, 6.45) is 0.785. The van der Waals surface area contributed by atoms with Gasteiger partial charge in [-0.05, 0) is 84.8 Å². The average Bonchev–Trinajstić information content (AvgIpc) is 3.31. The van der Waals surface area contributed by atoms with Gasteiger partial charge in [-0.1, -0.05) is 37.3 Å². The van der Waals surface area contributed by atoms with Crippen molar-refractivity contribution in [2.45, 2.75) is 13.3 Å². The van der Waals surface area contributed by atoms with Crippen molar-refractivity contribution in [1.29, 1.82) is 0 Å². The fraction of sp³-hybridized carbons (Fsp3) is 0.259. The van der Waals surface area contributed by atoms with Gasteiger partial charge in [-0.15, -0.1) is 0 Å². The molecular weight excluding hydrogens is 465 g/mol. The highest BCUT2D eigenvalue weighted by molar-refractivity contribution is 7.39. The van der Waals surface area contributed by atoms with E-state index in [1.807, 2.05) is 56.6 Å². The molecule has 0 bridgehead atoms. The molecule has 8 heteroatoms. The smallest absolute Gasteiger partial charge is 0.391 e. The van der Waals surface area contributed by atoms with Gasteiger partial charge in [0.1, 0.15) is 18.1 Å². The number of rotatable bonds is 10. The van der Waals surface area contributed by atoms with Crippen LogP contribution >= 0.6 is 8.60 Å². The Morgan fingerprint density at radius 3 is 2.06 bits per heavy atom. The Morgan fingerprint density at radius 1 is 0.857 bits per heavy atom. The van der Waals surface area contributed by atoms with E-state index in [2.05, 4.69) is 24.0 Å². The van der Waals surface area contributed by atoms with Crippen LogP contribution in [-0.4, -0.2) is 48.7 Å². The lowest BCUT2D eigenvalue weighted by molar-refractivity contribution is 0.174. The summed E-state index contributed by atoms with van der Waals surface area (Å²) in [6.45, 7) is 3.81. The predicted octanol–water partition coefficient (Wildman–Crippen LogP) is 5.32. The number of allylic oxidation sites excluding steroid dienone is 1. The maximum atomic E-state index is 9.18. The molecule has 3 aromatic carbocycles. The van der Waals surface area contributed by atoms with E-state index in [4.69, 9.17) is 18.7 Å². The van der Waals surface area contributed by atoms with E-state index in [-0.39, 0.29) is 6.79 Å². The van der Waals surface area contributed by atoms with Gasteiger partial charge in [0, 0.05) is 6.54 Å². The van der Waals surface area contributed by atoms with E-state index in [0.717, 1.165) is 58.1 Å². The molecule has 0 spiro atoms. The van der Waals surface area contributed by atoms with Crippen LogP contribution in [0.2, 0.25) is 0 Å². The Labute approximate surface area is 207 Å². The van der Waals surface area contributed by atoms with Crippen molar-refractivity contribution in [2.24, 2.45) is 0 Å². The number of likely N-dealkylation sites (N-methyl/N-ethyl adjacent to an activating group) is 1. The van der Waals surface area contributed by atoms with Crippen LogP contribution < -0.4 is 18.7 Å². The maximum Gasteiger partial charge on any atom is 0.391 e. The van der Waals surface area contributed by atoms with Crippen LogP contribution in [0.15, 0.2) is 66.7 Å². The molecule has 0 unspecified atom stereocenters. The summed E-state index contributed by atoms with van der Waals surface area (Å²) in [4.78, 5) is 20.5. The van der Waals surface area contributed by atoms with Gasteiger partial charge in [-0.3, -0.25) is 0 Å². The van der Waals surface area contributed by atoms with Gasteiger partial charge >= 0.3 is 8.60 Å². The third-order valence-electron chi connectivity index (χ3n) is 5.66. The molecule has 0 atom stereocenters. The Balaban J connectivity index is 1.74. The molecule has 0 amide bonds. The van der Waals surface area contributed by atoms with Gasteiger partial charge in [0.2, 0.25) is 6.79 Å². The maximum absolute atomic E-state index is 9.18. The van der Waals surface area contributed by atoms with E-state index in [9.17, 15) is 9.79 Å². The molecule has 1 aliphatic heterocycles. The van der Waals surface area contributed by atoms with Crippen molar-refractivity contribution >= 4 is 19.7 Å². The molecule has 0 fully saturated rings. The Bertz CT molecular complexity index is 1160. The highest BCUT2D eigenvalue weighted by Crippen LogP contribution is 2.40. The zero-order valence-corrected chi connectivity index (χ0v) is 21.0. The van der Waals surface area contributed by atoms with Crippen molar-refractivity contribution < 1.29 is 28.5 Å². The van der Waals surface area contributed by atoms with Crippen molar-refractivity contribution in [3.8, 4) is 23.0 Å². The molecule has 184 valence electrons. The first-order chi connectivity index (χ1) is 16.9. The second kappa shape index (κ2) is 11.6. The van der Waals surface area contributed by atoms with E-state index >= 15 is 0 Å². The molecule has 0 saturated heterocycles. The molecule has 35 heavy (non-hydrogen) atoms. The van der Waals surface area contributed by atoms with Crippen LogP contribution in [0.25, 0.3) is 11.1 Å². The predicted molar refractivity (Wildman–Crippen MR) is 138 cm³/mol. The van der Waals surface area contributed by atoms with Crippen LogP contribution in [-0.2, 0) is 0 Å². The number of ether oxygens (including phenoxy) is 3. The second-order valence-electron chi connectivity index (χ2n) is 8.32. The fourth-order valence-corrected chi connectivity index (χ4v) is 4.28. The summed E-state index contributed by atoms with van der Waals surface area (Å²) in [5, 5.41) is 0. The first-order valence-electron chi connectivity index (χ1n) is 11.4. The Hall–Kier alpha value is -3.09. The standard InChI is InChI=1S/C27H30NO6P/c1-4-24(21-9-14-25-26(17-21)33-18-32-25)27(20-7-12-23(13-8-20)34-35(29)30)19-5-10-22(11-6-19)31-16-15-28(2)3/h5-14,17,29-30H,4,15-16,18H2,1-3H3/b27-24+. The van der Waals surface area contributed by atoms with Gasteiger partial charge in [0.15, 0.2) is 11.5 Å². The molecule has 2 N–H and O–H groups in total. The molecule has 0 radical (unpaired) electrons. The quantitative estimate of drug-likeness (QED) is 0.291. The summed E-state index contributed by atoms with van der Waals surface area (Å²) in [6, 6.07) is 21.4.